The van der Waals surface area contributed by atoms with Crippen LogP contribution in [0.25, 0.3) is 10.8 Å². The highest BCUT2D eigenvalue weighted by molar-refractivity contribution is 5.86. The SMILES string of the molecule is CC(C)c1cc(CN2CCCCC2)cc2ccncc12. The molecule has 2 heterocycles. The van der Waals surface area contributed by atoms with Crippen molar-refractivity contribution in [2.24, 2.45) is 0 Å². The predicted molar refractivity (Wildman–Crippen MR) is 85.0 cm³/mol. The maximum absolute atomic E-state index is 4.29. The molecule has 0 atom stereocenters. The number of aromatic nitrogens is 1. The zero-order chi connectivity index (χ0) is 13.9. The third-order valence-corrected chi connectivity index (χ3v) is 4.32. The minimum Gasteiger partial charge on any atom is -0.299 e. The summed E-state index contributed by atoms with van der Waals surface area (Å²) >= 11 is 0. The first-order valence-corrected chi connectivity index (χ1v) is 7.83. The van der Waals surface area contributed by atoms with Crippen LogP contribution in [0.2, 0.25) is 0 Å². The molecule has 1 fully saturated rings. The second-order valence-corrected chi connectivity index (χ2v) is 6.27. The first kappa shape index (κ1) is 13.6. The van der Waals surface area contributed by atoms with E-state index in [9.17, 15) is 0 Å². The average molecular weight is 268 g/mol. The van der Waals surface area contributed by atoms with Crippen LogP contribution >= 0.6 is 0 Å². The number of fused-ring (bicyclic) bond motifs is 1. The van der Waals surface area contributed by atoms with Crippen LogP contribution in [-0.4, -0.2) is 23.0 Å². The number of piperidine rings is 1. The van der Waals surface area contributed by atoms with E-state index in [1.165, 1.54) is 54.3 Å². The minimum atomic E-state index is 0.544. The van der Waals surface area contributed by atoms with Gasteiger partial charge in [0.25, 0.3) is 0 Å². The van der Waals surface area contributed by atoms with Crippen molar-refractivity contribution >= 4 is 10.8 Å². The molecule has 1 aromatic heterocycles. The monoisotopic (exact) mass is 268 g/mol. The van der Waals surface area contributed by atoms with Crippen molar-refractivity contribution in [2.45, 2.75) is 45.6 Å². The van der Waals surface area contributed by atoms with Gasteiger partial charge < -0.3 is 0 Å². The Bertz CT molecular complexity index is 583. The summed E-state index contributed by atoms with van der Waals surface area (Å²) in [5.41, 5.74) is 2.89. The number of pyridine rings is 1. The number of hydrogen-bond acceptors (Lipinski definition) is 2. The van der Waals surface area contributed by atoms with Crippen LogP contribution in [0.4, 0.5) is 0 Å². The summed E-state index contributed by atoms with van der Waals surface area (Å²) in [6, 6.07) is 6.88. The van der Waals surface area contributed by atoms with E-state index in [1.807, 2.05) is 12.4 Å². The van der Waals surface area contributed by atoms with Gasteiger partial charge in [0.15, 0.2) is 0 Å². The van der Waals surface area contributed by atoms with Crippen molar-refractivity contribution in [3.05, 3.63) is 41.7 Å². The molecule has 0 bridgehead atoms. The van der Waals surface area contributed by atoms with Crippen molar-refractivity contribution in [3.63, 3.8) is 0 Å². The summed E-state index contributed by atoms with van der Waals surface area (Å²) < 4.78 is 0. The lowest BCUT2D eigenvalue weighted by molar-refractivity contribution is 0.221. The second kappa shape index (κ2) is 5.92. The third kappa shape index (κ3) is 2.85. The number of hydrogen-bond donors (Lipinski definition) is 0. The summed E-state index contributed by atoms with van der Waals surface area (Å²) in [5, 5.41) is 2.64. The molecular formula is C18H24N2. The molecule has 0 N–H and O–H groups in total. The Morgan fingerprint density at radius 2 is 1.95 bits per heavy atom. The summed E-state index contributed by atoms with van der Waals surface area (Å²) in [6.45, 7) is 8.15. The maximum Gasteiger partial charge on any atom is 0.0349 e. The van der Waals surface area contributed by atoms with E-state index in [-0.39, 0.29) is 0 Å². The van der Waals surface area contributed by atoms with Crippen molar-refractivity contribution in [3.8, 4) is 0 Å². The van der Waals surface area contributed by atoms with Crippen LogP contribution in [0.15, 0.2) is 30.6 Å². The Morgan fingerprint density at radius 3 is 2.70 bits per heavy atom. The van der Waals surface area contributed by atoms with Crippen LogP contribution < -0.4 is 0 Å². The molecule has 0 amide bonds. The van der Waals surface area contributed by atoms with Crippen LogP contribution in [0.5, 0.6) is 0 Å². The summed E-state index contributed by atoms with van der Waals surface area (Å²) in [7, 11) is 0. The molecule has 1 aromatic carbocycles. The van der Waals surface area contributed by atoms with Gasteiger partial charge >= 0.3 is 0 Å². The molecule has 106 valence electrons. The Balaban J connectivity index is 1.94. The Labute approximate surface area is 121 Å². The zero-order valence-corrected chi connectivity index (χ0v) is 12.6. The molecule has 0 saturated carbocycles. The van der Waals surface area contributed by atoms with Gasteiger partial charge in [-0.15, -0.1) is 0 Å². The molecule has 0 aliphatic carbocycles. The fraction of sp³-hybridized carbons (Fsp3) is 0.500. The quantitative estimate of drug-likeness (QED) is 0.823. The highest BCUT2D eigenvalue weighted by Crippen LogP contribution is 2.27. The van der Waals surface area contributed by atoms with Gasteiger partial charge in [-0.25, -0.2) is 0 Å². The van der Waals surface area contributed by atoms with Crippen LogP contribution in [0, 0.1) is 0 Å². The summed E-state index contributed by atoms with van der Waals surface area (Å²) in [4.78, 5) is 6.88. The predicted octanol–water partition coefficient (Wildman–Crippen LogP) is 4.34. The lowest BCUT2D eigenvalue weighted by Crippen LogP contribution is -2.29. The molecule has 2 nitrogen and oxygen atoms in total. The third-order valence-electron chi connectivity index (χ3n) is 4.32. The zero-order valence-electron chi connectivity index (χ0n) is 12.6. The van der Waals surface area contributed by atoms with Crippen LogP contribution in [-0.2, 0) is 6.54 Å². The van der Waals surface area contributed by atoms with Gasteiger partial charge in [0.2, 0.25) is 0 Å². The average Bonchev–Trinajstić information content (AvgIpc) is 2.47. The largest absolute Gasteiger partial charge is 0.299 e. The topological polar surface area (TPSA) is 16.1 Å². The molecule has 1 aliphatic heterocycles. The highest BCUT2D eigenvalue weighted by Gasteiger charge is 2.13. The lowest BCUT2D eigenvalue weighted by Gasteiger charge is -2.27. The van der Waals surface area contributed by atoms with Gasteiger partial charge in [-0.1, -0.05) is 26.3 Å². The van der Waals surface area contributed by atoms with E-state index >= 15 is 0 Å². The van der Waals surface area contributed by atoms with E-state index in [0.29, 0.717) is 5.92 Å². The van der Waals surface area contributed by atoms with E-state index in [1.54, 1.807) is 0 Å². The van der Waals surface area contributed by atoms with Crippen molar-refractivity contribution in [1.29, 1.82) is 0 Å². The van der Waals surface area contributed by atoms with Crippen molar-refractivity contribution in [1.82, 2.24) is 9.88 Å². The summed E-state index contributed by atoms with van der Waals surface area (Å²) in [5.74, 6) is 0.544. The fourth-order valence-corrected chi connectivity index (χ4v) is 3.24. The highest BCUT2D eigenvalue weighted by atomic mass is 15.1. The number of likely N-dealkylation sites (tertiary alicyclic amines) is 1. The smallest absolute Gasteiger partial charge is 0.0349 e. The van der Waals surface area contributed by atoms with Gasteiger partial charge in [-0.05, 0) is 60.5 Å². The van der Waals surface area contributed by atoms with Crippen molar-refractivity contribution < 1.29 is 0 Å². The van der Waals surface area contributed by atoms with Gasteiger partial charge in [0, 0.05) is 24.3 Å². The Hall–Kier alpha value is -1.41. The van der Waals surface area contributed by atoms with Gasteiger partial charge in [-0.2, -0.15) is 0 Å². The molecule has 0 radical (unpaired) electrons. The maximum atomic E-state index is 4.29. The first-order valence-electron chi connectivity index (χ1n) is 7.83. The standard InChI is InChI=1S/C18H24N2/c1-14(2)17-11-15(13-20-8-4-3-5-9-20)10-16-6-7-19-12-18(16)17/h6-7,10-12,14H,3-5,8-9,13H2,1-2H3. The minimum absolute atomic E-state index is 0.544. The lowest BCUT2D eigenvalue weighted by atomic mass is 9.94. The number of benzene rings is 1. The normalized spacial score (nSPS) is 16.9. The number of rotatable bonds is 3. The van der Waals surface area contributed by atoms with E-state index < -0.39 is 0 Å². The number of nitrogens with zero attached hydrogens (tertiary/aromatic N) is 2. The Kier molecular flexibility index (Phi) is 4.02. The molecule has 0 spiro atoms. The van der Waals surface area contributed by atoms with Crippen LogP contribution in [0.3, 0.4) is 0 Å². The first-order chi connectivity index (χ1) is 9.74. The Morgan fingerprint density at radius 1 is 1.15 bits per heavy atom. The molecule has 2 heteroatoms. The van der Waals surface area contributed by atoms with Crippen LogP contribution in [0.1, 0.15) is 50.2 Å². The molecule has 3 rings (SSSR count). The second-order valence-electron chi connectivity index (χ2n) is 6.27. The molecule has 1 aliphatic rings. The summed E-state index contributed by atoms with van der Waals surface area (Å²) in [6.07, 6.45) is 8.02. The van der Waals surface area contributed by atoms with E-state index in [0.717, 1.165) is 6.54 Å². The molecule has 0 unspecified atom stereocenters. The van der Waals surface area contributed by atoms with Crippen molar-refractivity contribution in [2.75, 3.05) is 13.1 Å². The molecule has 1 saturated heterocycles. The van der Waals surface area contributed by atoms with Gasteiger partial charge in [0.05, 0.1) is 0 Å². The van der Waals surface area contributed by atoms with Gasteiger partial charge in [0.1, 0.15) is 0 Å². The molecular weight excluding hydrogens is 244 g/mol. The van der Waals surface area contributed by atoms with E-state index in [4.69, 9.17) is 0 Å². The fourth-order valence-electron chi connectivity index (χ4n) is 3.24. The van der Waals surface area contributed by atoms with E-state index in [2.05, 4.69) is 41.9 Å². The van der Waals surface area contributed by atoms with Gasteiger partial charge in [-0.3, -0.25) is 9.88 Å². The molecule has 20 heavy (non-hydrogen) atoms. The molecule has 2 aromatic rings.